The predicted molar refractivity (Wildman–Crippen MR) is 76.1 cm³/mol. The van der Waals surface area contributed by atoms with Crippen LogP contribution in [0.2, 0.25) is 0 Å². The first-order chi connectivity index (χ1) is 8.88. The quantitative estimate of drug-likeness (QED) is 0.724. The van der Waals surface area contributed by atoms with Crippen molar-refractivity contribution in [1.82, 2.24) is 10.2 Å². The van der Waals surface area contributed by atoms with Crippen LogP contribution in [0.3, 0.4) is 0 Å². The van der Waals surface area contributed by atoms with Gasteiger partial charge in [0.2, 0.25) is 0 Å². The molecule has 5 heteroatoms. The number of nitrogens with two attached hydrogens (primary N) is 1. The number of aromatic nitrogens is 2. The molecule has 1 aromatic carbocycles. The summed E-state index contributed by atoms with van der Waals surface area (Å²) in [5.41, 5.74) is 8.10. The van der Waals surface area contributed by atoms with Crippen LogP contribution in [0.5, 0.6) is 0 Å². The zero-order chi connectivity index (χ0) is 14.0. The Morgan fingerprint density at radius 2 is 2.00 bits per heavy atom. The van der Waals surface area contributed by atoms with Gasteiger partial charge in [-0.2, -0.15) is 5.10 Å². The third kappa shape index (κ3) is 2.93. The highest BCUT2D eigenvalue weighted by molar-refractivity contribution is 6.04. The van der Waals surface area contributed by atoms with E-state index < -0.39 is 0 Å². The van der Waals surface area contributed by atoms with Crippen molar-refractivity contribution in [2.75, 3.05) is 11.1 Å². The Hall–Kier alpha value is -2.30. The molecule has 0 spiro atoms. The predicted octanol–water partition coefficient (Wildman–Crippen LogP) is 2.54. The first-order valence-electron chi connectivity index (χ1n) is 6.09. The van der Waals surface area contributed by atoms with Crippen molar-refractivity contribution in [2.24, 2.45) is 0 Å². The summed E-state index contributed by atoms with van der Waals surface area (Å²) in [5, 5.41) is 9.66. The molecule has 1 aromatic heterocycles. The SMILES string of the molecule is CC(C)(C)c1cc(C(=O)Nc2ccccc2N)n[nH]1. The number of para-hydroxylation sites is 2. The van der Waals surface area contributed by atoms with Crippen molar-refractivity contribution in [3.8, 4) is 0 Å². The summed E-state index contributed by atoms with van der Waals surface area (Å²) in [6.45, 7) is 6.16. The Morgan fingerprint density at radius 3 is 2.58 bits per heavy atom. The summed E-state index contributed by atoms with van der Waals surface area (Å²) in [7, 11) is 0. The van der Waals surface area contributed by atoms with Crippen LogP contribution in [0.1, 0.15) is 37.0 Å². The van der Waals surface area contributed by atoms with E-state index in [1.807, 2.05) is 12.1 Å². The lowest BCUT2D eigenvalue weighted by atomic mass is 9.92. The summed E-state index contributed by atoms with van der Waals surface area (Å²) < 4.78 is 0. The first-order valence-corrected chi connectivity index (χ1v) is 6.09. The fraction of sp³-hybridized carbons (Fsp3) is 0.286. The van der Waals surface area contributed by atoms with Gasteiger partial charge in [0.05, 0.1) is 11.4 Å². The first kappa shape index (κ1) is 13.1. The molecule has 100 valence electrons. The number of carbonyl (C=O) groups excluding carboxylic acids is 1. The number of carbonyl (C=O) groups is 1. The lowest BCUT2D eigenvalue weighted by Gasteiger charge is -2.14. The van der Waals surface area contributed by atoms with Crippen LogP contribution in [0.4, 0.5) is 11.4 Å². The Bertz CT molecular complexity index is 595. The minimum absolute atomic E-state index is 0.0721. The summed E-state index contributed by atoms with van der Waals surface area (Å²) in [6, 6.07) is 8.88. The number of amides is 1. The van der Waals surface area contributed by atoms with Crippen molar-refractivity contribution < 1.29 is 4.79 Å². The number of H-pyrrole nitrogens is 1. The molecular weight excluding hydrogens is 240 g/mol. The van der Waals surface area contributed by atoms with E-state index in [1.165, 1.54) is 0 Å². The molecule has 2 rings (SSSR count). The third-order valence-corrected chi connectivity index (χ3v) is 2.83. The second kappa shape index (κ2) is 4.76. The number of nitrogens with zero attached hydrogens (tertiary/aromatic N) is 1. The minimum atomic E-state index is -0.273. The van der Waals surface area contributed by atoms with E-state index in [2.05, 4.69) is 36.3 Å². The summed E-state index contributed by atoms with van der Waals surface area (Å²) in [4.78, 5) is 12.1. The second-order valence-corrected chi connectivity index (χ2v) is 5.46. The molecule has 4 N–H and O–H groups in total. The van der Waals surface area contributed by atoms with Crippen molar-refractivity contribution in [1.29, 1.82) is 0 Å². The minimum Gasteiger partial charge on any atom is -0.397 e. The zero-order valence-corrected chi connectivity index (χ0v) is 11.3. The van der Waals surface area contributed by atoms with Gasteiger partial charge in [0.25, 0.3) is 5.91 Å². The van der Waals surface area contributed by atoms with E-state index in [4.69, 9.17) is 5.73 Å². The number of rotatable bonds is 2. The highest BCUT2D eigenvalue weighted by Gasteiger charge is 2.19. The van der Waals surface area contributed by atoms with Gasteiger partial charge in [0.15, 0.2) is 5.69 Å². The summed E-state index contributed by atoms with van der Waals surface area (Å²) in [5.74, 6) is -0.273. The highest BCUT2D eigenvalue weighted by Crippen LogP contribution is 2.21. The lowest BCUT2D eigenvalue weighted by molar-refractivity contribution is 0.102. The van der Waals surface area contributed by atoms with Gasteiger partial charge < -0.3 is 11.1 Å². The maximum atomic E-state index is 12.1. The molecule has 0 unspecified atom stereocenters. The van der Waals surface area contributed by atoms with Crippen molar-refractivity contribution in [2.45, 2.75) is 26.2 Å². The Labute approximate surface area is 112 Å². The van der Waals surface area contributed by atoms with Gasteiger partial charge in [-0.15, -0.1) is 0 Å². The van der Waals surface area contributed by atoms with Gasteiger partial charge >= 0.3 is 0 Å². The number of anilines is 2. The van der Waals surface area contributed by atoms with Gasteiger partial charge in [-0.3, -0.25) is 9.89 Å². The normalized spacial score (nSPS) is 11.3. The number of nitrogen functional groups attached to an aromatic ring is 1. The van der Waals surface area contributed by atoms with Crippen LogP contribution in [0.15, 0.2) is 30.3 Å². The largest absolute Gasteiger partial charge is 0.397 e. The Kier molecular flexibility index (Phi) is 3.29. The number of hydrogen-bond donors (Lipinski definition) is 3. The number of nitrogens with one attached hydrogen (secondary N) is 2. The van der Waals surface area contributed by atoms with Crippen molar-refractivity contribution in [3.63, 3.8) is 0 Å². The van der Waals surface area contributed by atoms with Crippen LogP contribution in [-0.4, -0.2) is 16.1 Å². The maximum Gasteiger partial charge on any atom is 0.276 e. The molecular formula is C14H18N4O. The molecule has 0 fully saturated rings. The Morgan fingerprint density at radius 1 is 1.32 bits per heavy atom. The third-order valence-electron chi connectivity index (χ3n) is 2.83. The van der Waals surface area contributed by atoms with Gasteiger partial charge in [-0.1, -0.05) is 32.9 Å². The highest BCUT2D eigenvalue weighted by atomic mass is 16.1. The lowest BCUT2D eigenvalue weighted by Crippen LogP contribution is -2.14. The van der Waals surface area contributed by atoms with Gasteiger partial charge in [0, 0.05) is 11.1 Å². The van der Waals surface area contributed by atoms with E-state index in [0.717, 1.165) is 5.69 Å². The molecule has 1 heterocycles. The standard InChI is InChI=1S/C14H18N4O/c1-14(2,3)12-8-11(17-18-12)13(19)16-10-7-5-4-6-9(10)15/h4-8H,15H2,1-3H3,(H,16,19)(H,17,18). The second-order valence-electron chi connectivity index (χ2n) is 5.46. The van der Waals surface area contributed by atoms with Crippen LogP contribution in [-0.2, 0) is 5.41 Å². The molecule has 0 aliphatic carbocycles. The van der Waals surface area contributed by atoms with Crippen molar-refractivity contribution in [3.05, 3.63) is 41.7 Å². The average molecular weight is 258 g/mol. The fourth-order valence-corrected chi connectivity index (χ4v) is 1.62. The van der Waals surface area contributed by atoms with E-state index in [9.17, 15) is 4.79 Å². The monoisotopic (exact) mass is 258 g/mol. The van der Waals surface area contributed by atoms with Gasteiger partial charge in [0.1, 0.15) is 0 Å². The van der Waals surface area contributed by atoms with E-state index in [1.54, 1.807) is 18.2 Å². The molecule has 0 radical (unpaired) electrons. The van der Waals surface area contributed by atoms with Crippen LogP contribution in [0.25, 0.3) is 0 Å². The average Bonchev–Trinajstić information content (AvgIpc) is 2.81. The molecule has 0 aliphatic rings. The molecule has 19 heavy (non-hydrogen) atoms. The van der Waals surface area contributed by atoms with E-state index >= 15 is 0 Å². The molecule has 0 saturated heterocycles. The number of benzene rings is 1. The number of aromatic amines is 1. The van der Waals surface area contributed by atoms with Crippen LogP contribution in [0, 0.1) is 0 Å². The number of hydrogen-bond acceptors (Lipinski definition) is 3. The molecule has 1 amide bonds. The van der Waals surface area contributed by atoms with Gasteiger partial charge in [-0.25, -0.2) is 0 Å². The fourth-order valence-electron chi connectivity index (χ4n) is 1.62. The topological polar surface area (TPSA) is 83.8 Å². The molecule has 0 atom stereocenters. The summed E-state index contributed by atoms with van der Waals surface area (Å²) in [6.07, 6.45) is 0. The van der Waals surface area contributed by atoms with E-state index in [-0.39, 0.29) is 11.3 Å². The zero-order valence-electron chi connectivity index (χ0n) is 11.3. The van der Waals surface area contributed by atoms with Gasteiger partial charge in [-0.05, 0) is 18.2 Å². The maximum absolute atomic E-state index is 12.1. The van der Waals surface area contributed by atoms with Crippen molar-refractivity contribution >= 4 is 17.3 Å². The molecule has 2 aromatic rings. The van der Waals surface area contributed by atoms with Crippen LogP contribution < -0.4 is 11.1 Å². The molecule has 5 nitrogen and oxygen atoms in total. The molecule has 0 bridgehead atoms. The molecule has 0 aliphatic heterocycles. The summed E-state index contributed by atoms with van der Waals surface area (Å²) >= 11 is 0. The molecule has 0 saturated carbocycles. The van der Waals surface area contributed by atoms with Crippen LogP contribution >= 0.6 is 0 Å². The van der Waals surface area contributed by atoms with E-state index in [0.29, 0.717) is 17.1 Å². The Balaban J connectivity index is 2.17. The smallest absolute Gasteiger partial charge is 0.276 e.